The average Bonchev–Trinajstić information content (AvgIpc) is 3.11. The highest BCUT2D eigenvalue weighted by Gasteiger charge is 2.28. The standard InChI is InChI=1S/C23H24FN5O3S/c1-25-33(31,32)13-20(30)29-9-6-14(7-10-29)22-18-12-28(2)19-4-3-15(24)11-17(19)16-5-8-26-23(27-22)21(16)18/h3-6,8,11,25H,7,9-10,12-13H2,1-2H3,(H,26,27). The number of hydrogen-bond donors (Lipinski definition) is 2. The van der Waals surface area contributed by atoms with E-state index in [2.05, 4.69) is 19.6 Å². The first kappa shape index (κ1) is 21.6. The summed E-state index contributed by atoms with van der Waals surface area (Å²) in [6.45, 7) is 1.39. The predicted molar refractivity (Wildman–Crippen MR) is 126 cm³/mol. The number of halogens is 1. The SMILES string of the molecule is CNS(=O)(=O)CC(=O)N1CC=C(c2[nH]c3nccc4c3c2CN(C)c2ccc(F)cc2-4)CC1. The first-order chi connectivity index (χ1) is 15.8. The molecule has 5 rings (SSSR count). The number of pyridine rings is 1. The normalized spacial score (nSPS) is 15.9. The Morgan fingerprint density at radius 3 is 2.82 bits per heavy atom. The fourth-order valence-corrected chi connectivity index (χ4v) is 5.32. The van der Waals surface area contributed by atoms with Gasteiger partial charge < -0.3 is 14.8 Å². The summed E-state index contributed by atoms with van der Waals surface area (Å²) >= 11 is 0. The van der Waals surface area contributed by atoms with Gasteiger partial charge in [-0.05, 0) is 48.9 Å². The lowest BCUT2D eigenvalue weighted by atomic mass is 9.97. The molecule has 8 nitrogen and oxygen atoms in total. The summed E-state index contributed by atoms with van der Waals surface area (Å²) in [4.78, 5) is 24.0. The molecule has 0 aliphatic carbocycles. The Morgan fingerprint density at radius 2 is 2.09 bits per heavy atom. The summed E-state index contributed by atoms with van der Waals surface area (Å²) in [5, 5.41) is 0.975. The van der Waals surface area contributed by atoms with Gasteiger partial charge >= 0.3 is 0 Å². The number of hydrogen-bond acceptors (Lipinski definition) is 5. The second-order valence-electron chi connectivity index (χ2n) is 8.36. The molecule has 172 valence electrons. The Balaban J connectivity index is 1.52. The van der Waals surface area contributed by atoms with Gasteiger partial charge in [0.25, 0.3) is 0 Å². The van der Waals surface area contributed by atoms with E-state index in [4.69, 9.17) is 0 Å². The summed E-state index contributed by atoms with van der Waals surface area (Å²) in [6, 6.07) is 6.75. The van der Waals surface area contributed by atoms with Crippen LogP contribution < -0.4 is 9.62 Å². The number of nitrogens with one attached hydrogen (secondary N) is 2. The highest BCUT2D eigenvalue weighted by Crippen LogP contribution is 2.43. The molecule has 2 aromatic heterocycles. The zero-order valence-electron chi connectivity index (χ0n) is 18.4. The van der Waals surface area contributed by atoms with Crippen molar-refractivity contribution in [3.63, 3.8) is 0 Å². The molecule has 10 heteroatoms. The number of H-pyrrole nitrogens is 1. The van der Waals surface area contributed by atoms with Crippen LogP contribution in [0.1, 0.15) is 17.7 Å². The van der Waals surface area contributed by atoms with Crippen molar-refractivity contribution in [3.8, 4) is 11.1 Å². The molecule has 0 fully saturated rings. The number of carbonyl (C=O) groups is 1. The van der Waals surface area contributed by atoms with Crippen molar-refractivity contribution in [1.82, 2.24) is 19.6 Å². The molecule has 1 amide bonds. The quantitative estimate of drug-likeness (QED) is 0.612. The first-order valence-corrected chi connectivity index (χ1v) is 12.3. The number of anilines is 1. The molecule has 4 heterocycles. The molecule has 0 saturated carbocycles. The number of benzene rings is 1. The third-order valence-electron chi connectivity index (χ3n) is 6.36. The van der Waals surface area contributed by atoms with E-state index in [1.54, 1.807) is 23.2 Å². The lowest BCUT2D eigenvalue weighted by Gasteiger charge is -2.27. The van der Waals surface area contributed by atoms with E-state index in [1.807, 2.05) is 19.2 Å². The molecule has 2 aliphatic rings. The maximum atomic E-state index is 14.1. The van der Waals surface area contributed by atoms with Crippen molar-refractivity contribution in [1.29, 1.82) is 0 Å². The van der Waals surface area contributed by atoms with Crippen LogP contribution in [0.4, 0.5) is 10.1 Å². The Hall–Kier alpha value is -3.24. The average molecular weight is 470 g/mol. The minimum absolute atomic E-state index is 0.286. The number of fused-ring (bicyclic) bond motifs is 2. The molecule has 0 bridgehead atoms. The summed E-state index contributed by atoms with van der Waals surface area (Å²) < 4.78 is 39.7. The van der Waals surface area contributed by atoms with E-state index in [0.29, 0.717) is 26.1 Å². The summed E-state index contributed by atoms with van der Waals surface area (Å²) in [5.41, 5.74) is 6.54. The van der Waals surface area contributed by atoms with Gasteiger partial charge in [0.1, 0.15) is 17.2 Å². The van der Waals surface area contributed by atoms with E-state index < -0.39 is 21.7 Å². The molecule has 0 spiro atoms. The fourth-order valence-electron chi connectivity index (χ4n) is 4.67. The van der Waals surface area contributed by atoms with Crippen molar-refractivity contribution in [2.45, 2.75) is 13.0 Å². The molecular formula is C23H24FN5O3S. The van der Waals surface area contributed by atoms with Gasteiger partial charge in [-0.3, -0.25) is 4.79 Å². The predicted octanol–water partition coefficient (Wildman–Crippen LogP) is 2.48. The molecule has 0 unspecified atom stereocenters. The molecule has 1 aromatic carbocycles. The van der Waals surface area contributed by atoms with Crippen LogP contribution >= 0.6 is 0 Å². The minimum atomic E-state index is -3.61. The fraction of sp³-hybridized carbons (Fsp3) is 0.304. The highest BCUT2D eigenvalue weighted by atomic mass is 32.2. The third kappa shape index (κ3) is 3.79. The number of amides is 1. The lowest BCUT2D eigenvalue weighted by molar-refractivity contribution is -0.128. The molecule has 0 atom stereocenters. The smallest absolute Gasteiger partial charge is 0.239 e. The molecule has 3 aromatic rings. The van der Waals surface area contributed by atoms with E-state index >= 15 is 0 Å². The van der Waals surface area contributed by atoms with Crippen molar-refractivity contribution < 1.29 is 17.6 Å². The van der Waals surface area contributed by atoms with E-state index in [0.717, 1.165) is 44.7 Å². The van der Waals surface area contributed by atoms with E-state index in [9.17, 15) is 17.6 Å². The molecule has 2 aliphatic heterocycles. The number of aromatic nitrogens is 2. The zero-order chi connectivity index (χ0) is 23.3. The Kier molecular flexibility index (Phi) is 5.21. The summed E-state index contributed by atoms with van der Waals surface area (Å²) in [5.74, 6) is -1.26. The van der Waals surface area contributed by atoms with Gasteiger partial charge in [0.15, 0.2) is 0 Å². The van der Waals surface area contributed by atoms with Crippen LogP contribution in [0.25, 0.3) is 27.7 Å². The van der Waals surface area contributed by atoms with Crippen LogP contribution in [0.2, 0.25) is 0 Å². The van der Waals surface area contributed by atoms with Crippen molar-refractivity contribution in [2.24, 2.45) is 0 Å². The maximum Gasteiger partial charge on any atom is 0.239 e. The monoisotopic (exact) mass is 469 g/mol. The van der Waals surface area contributed by atoms with Gasteiger partial charge in [0.05, 0.1) is 0 Å². The second kappa shape index (κ2) is 7.96. The topological polar surface area (TPSA) is 98.4 Å². The zero-order valence-corrected chi connectivity index (χ0v) is 19.2. The van der Waals surface area contributed by atoms with Crippen LogP contribution in [-0.2, 0) is 21.4 Å². The van der Waals surface area contributed by atoms with Gasteiger partial charge in [-0.25, -0.2) is 22.5 Å². The van der Waals surface area contributed by atoms with Gasteiger partial charge in [-0.15, -0.1) is 0 Å². The second-order valence-corrected chi connectivity index (χ2v) is 10.3. The minimum Gasteiger partial charge on any atom is -0.370 e. The van der Waals surface area contributed by atoms with Gasteiger partial charge in [-0.2, -0.15) is 0 Å². The number of sulfonamides is 1. The number of aromatic amines is 1. The van der Waals surface area contributed by atoms with Crippen LogP contribution in [0.5, 0.6) is 0 Å². The molecular weight excluding hydrogens is 445 g/mol. The van der Waals surface area contributed by atoms with Crippen molar-refractivity contribution >= 4 is 38.2 Å². The van der Waals surface area contributed by atoms with Gasteiger partial charge in [0, 0.05) is 60.8 Å². The Morgan fingerprint density at radius 1 is 1.27 bits per heavy atom. The van der Waals surface area contributed by atoms with Crippen LogP contribution in [-0.4, -0.2) is 62.1 Å². The Bertz CT molecular complexity index is 1410. The van der Waals surface area contributed by atoms with Gasteiger partial charge in [0.2, 0.25) is 15.9 Å². The van der Waals surface area contributed by atoms with E-state index in [1.165, 1.54) is 13.1 Å². The lowest BCUT2D eigenvalue weighted by Crippen LogP contribution is -2.40. The largest absolute Gasteiger partial charge is 0.370 e. The van der Waals surface area contributed by atoms with E-state index in [-0.39, 0.29) is 5.82 Å². The first-order valence-electron chi connectivity index (χ1n) is 10.7. The molecule has 0 radical (unpaired) electrons. The van der Waals surface area contributed by atoms with Crippen molar-refractivity contribution in [3.05, 3.63) is 53.6 Å². The number of nitrogens with zero attached hydrogens (tertiary/aromatic N) is 3. The summed E-state index contributed by atoms with van der Waals surface area (Å²) in [6.07, 6.45) is 4.28. The molecule has 2 N–H and O–H groups in total. The number of rotatable bonds is 4. The Labute approximate surface area is 191 Å². The molecule has 0 saturated heterocycles. The molecule has 33 heavy (non-hydrogen) atoms. The van der Waals surface area contributed by atoms with Crippen LogP contribution in [0.3, 0.4) is 0 Å². The van der Waals surface area contributed by atoms with Crippen LogP contribution in [0, 0.1) is 5.82 Å². The van der Waals surface area contributed by atoms with Crippen molar-refractivity contribution in [2.75, 3.05) is 37.8 Å². The maximum absolute atomic E-state index is 14.1. The summed E-state index contributed by atoms with van der Waals surface area (Å²) in [7, 11) is -0.326. The number of carbonyl (C=O) groups excluding carboxylic acids is 1. The highest BCUT2D eigenvalue weighted by molar-refractivity contribution is 7.90. The third-order valence-corrected chi connectivity index (χ3v) is 7.61. The van der Waals surface area contributed by atoms with Gasteiger partial charge in [-0.1, -0.05) is 6.08 Å². The van der Waals surface area contributed by atoms with Crippen LogP contribution in [0.15, 0.2) is 36.5 Å².